The molecule has 2 saturated heterocycles. The molecule has 0 bridgehead atoms. The molecular formula is C21H20ClFN2O4S2. The Morgan fingerprint density at radius 2 is 1.87 bits per heavy atom. The highest BCUT2D eigenvalue weighted by molar-refractivity contribution is 8.15. The number of hydrogen-bond acceptors (Lipinski definition) is 5. The summed E-state index contributed by atoms with van der Waals surface area (Å²) in [6.07, 6.45) is 0.582. The van der Waals surface area contributed by atoms with Crippen LogP contribution in [0.4, 0.5) is 4.39 Å². The van der Waals surface area contributed by atoms with Gasteiger partial charge in [-0.25, -0.2) is 12.8 Å². The monoisotopic (exact) mass is 482 g/mol. The minimum Gasteiger partial charge on any atom is -0.484 e. The number of amidine groups is 1. The zero-order valence-electron chi connectivity index (χ0n) is 16.4. The first kappa shape index (κ1) is 22.1. The van der Waals surface area contributed by atoms with Gasteiger partial charge >= 0.3 is 0 Å². The van der Waals surface area contributed by atoms with E-state index in [0.29, 0.717) is 28.9 Å². The van der Waals surface area contributed by atoms with Gasteiger partial charge in [0.15, 0.2) is 21.6 Å². The van der Waals surface area contributed by atoms with E-state index in [2.05, 4.69) is 4.99 Å². The van der Waals surface area contributed by atoms with Crippen LogP contribution in [-0.4, -0.2) is 60.3 Å². The number of ether oxygens (including phenoxy) is 1. The molecule has 0 unspecified atom stereocenters. The second kappa shape index (κ2) is 9.18. The van der Waals surface area contributed by atoms with Gasteiger partial charge in [0.25, 0.3) is 5.91 Å². The van der Waals surface area contributed by atoms with Crippen molar-refractivity contribution in [2.24, 2.45) is 4.99 Å². The van der Waals surface area contributed by atoms with Gasteiger partial charge in [-0.15, -0.1) is 0 Å². The first-order valence-corrected chi connectivity index (χ1v) is 12.7. The maximum absolute atomic E-state index is 13.2. The van der Waals surface area contributed by atoms with Crippen LogP contribution < -0.4 is 4.74 Å². The molecule has 0 saturated carbocycles. The van der Waals surface area contributed by atoms with Gasteiger partial charge in [0.2, 0.25) is 0 Å². The van der Waals surface area contributed by atoms with E-state index in [4.69, 9.17) is 16.3 Å². The summed E-state index contributed by atoms with van der Waals surface area (Å²) in [5.41, 5.74) is 0.924. The van der Waals surface area contributed by atoms with Crippen LogP contribution in [0.5, 0.6) is 5.75 Å². The van der Waals surface area contributed by atoms with Gasteiger partial charge in [-0.1, -0.05) is 35.5 Å². The highest BCUT2D eigenvalue weighted by atomic mass is 35.5. The minimum absolute atomic E-state index is 0.0442. The topological polar surface area (TPSA) is 76.0 Å². The predicted octanol–water partition coefficient (Wildman–Crippen LogP) is 3.20. The Balaban J connectivity index is 1.45. The SMILES string of the molecule is O=C(COc1ccc(Cl)cc1)N=C1S[C@H]2CS(=O)(=O)C[C@H]2N1CCc1ccc(F)cc1. The molecule has 0 aliphatic carbocycles. The van der Waals surface area contributed by atoms with Gasteiger partial charge in [-0.05, 0) is 48.4 Å². The van der Waals surface area contributed by atoms with E-state index in [0.717, 1.165) is 5.56 Å². The van der Waals surface area contributed by atoms with Crippen LogP contribution in [0.3, 0.4) is 0 Å². The van der Waals surface area contributed by atoms with Crippen molar-refractivity contribution in [3.05, 3.63) is 64.9 Å². The van der Waals surface area contributed by atoms with Crippen molar-refractivity contribution < 1.29 is 22.3 Å². The van der Waals surface area contributed by atoms with Crippen LogP contribution >= 0.6 is 23.4 Å². The first-order chi connectivity index (χ1) is 14.8. The number of thioether (sulfide) groups is 1. The van der Waals surface area contributed by atoms with Crippen molar-refractivity contribution >= 4 is 44.3 Å². The molecule has 164 valence electrons. The molecule has 1 amide bonds. The molecular weight excluding hydrogens is 463 g/mol. The zero-order valence-corrected chi connectivity index (χ0v) is 18.8. The van der Waals surface area contributed by atoms with Crippen LogP contribution in [0.1, 0.15) is 5.56 Å². The smallest absolute Gasteiger partial charge is 0.285 e. The van der Waals surface area contributed by atoms with Gasteiger partial charge in [0.05, 0.1) is 17.5 Å². The highest BCUT2D eigenvalue weighted by Gasteiger charge is 2.48. The lowest BCUT2D eigenvalue weighted by atomic mass is 10.1. The van der Waals surface area contributed by atoms with Crippen LogP contribution in [-0.2, 0) is 21.1 Å². The maximum atomic E-state index is 13.2. The Morgan fingerprint density at radius 3 is 2.58 bits per heavy atom. The molecule has 0 radical (unpaired) electrons. The van der Waals surface area contributed by atoms with E-state index in [1.165, 1.54) is 23.9 Å². The standard InChI is InChI=1S/C21H20ClFN2O4S2/c22-15-3-7-17(8-4-15)29-11-20(26)24-21-25(10-9-14-1-5-16(23)6-2-14)18-12-31(27,28)13-19(18)30-21/h1-8,18-19H,9-13H2/t18-,19+/m1/s1. The fraction of sp³-hybridized carbons (Fsp3) is 0.333. The molecule has 4 rings (SSSR count). The second-order valence-corrected chi connectivity index (χ2v) is 11.2. The minimum atomic E-state index is -3.12. The number of benzene rings is 2. The molecule has 0 N–H and O–H groups in total. The van der Waals surface area contributed by atoms with Gasteiger partial charge in [0, 0.05) is 16.8 Å². The number of carbonyl (C=O) groups excluding carboxylic acids is 1. The van der Waals surface area contributed by atoms with Crippen LogP contribution in [0.15, 0.2) is 53.5 Å². The molecule has 10 heteroatoms. The molecule has 0 aromatic heterocycles. The Kier molecular flexibility index (Phi) is 6.55. The molecule has 6 nitrogen and oxygen atoms in total. The molecule has 2 aromatic carbocycles. The number of carbonyl (C=O) groups is 1. The summed E-state index contributed by atoms with van der Waals surface area (Å²) in [7, 11) is -3.12. The first-order valence-electron chi connectivity index (χ1n) is 9.67. The van der Waals surface area contributed by atoms with E-state index in [-0.39, 0.29) is 35.2 Å². The van der Waals surface area contributed by atoms with Crippen molar-refractivity contribution in [1.29, 1.82) is 0 Å². The van der Waals surface area contributed by atoms with Gasteiger partial charge in [0.1, 0.15) is 11.6 Å². The lowest BCUT2D eigenvalue weighted by Crippen LogP contribution is -2.39. The highest BCUT2D eigenvalue weighted by Crippen LogP contribution is 2.38. The van der Waals surface area contributed by atoms with Crippen LogP contribution in [0.25, 0.3) is 0 Å². The lowest BCUT2D eigenvalue weighted by molar-refractivity contribution is -0.119. The average molecular weight is 483 g/mol. The van der Waals surface area contributed by atoms with Crippen molar-refractivity contribution in [2.45, 2.75) is 17.7 Å². The molecule has 2 atom stereocenters. The molecule has 2 aromatic rings. The fourth-order valence-corrected chi connectivity index (χ4v) is 7.73. The van der Waals surface area contributed by atoms with Crippen molar-refractivity contribution in [2.75, 3.05) is 24.7 Å². The second-order valence-electron chi connectivity index (χ2n) is 7.40. The van der Waals surface area contributed by atoms with E-state index in [9.17, 15) is 17.6 Å². The van der Waals surface area contributed by atoms with Crippen LogP contribution in [0, 0.1) is 5.82 Å². The number of sulfone groups is 1. The van der Waals surface area contributed by atoms with Crippen LogP contribution in [0.2, 0.25) is 5.02 Å². The Hall–Kier alpha value is -2.10. The summed E-state index contributed by atoms with van der Waals surface area (Å²) in [5.74, 6) is -0.136. The third-order valence-corrected chi connectivity index (χ3v) is 8.63. The summed E-state index contributed by atoms with van der Waals surface area (Å²) < 4.78 is 42.8. The Bertz CT molecular complexity index is 1090. The summed E-state index contributed by atoms with van der Waals surface area (Å²) in [4.78, 5) is 18.5. The Labute approximate surface area is 189 Å². The third-order valence-electron chi connectivity index (χ3n) is 5.13. The number of nitrogens with zero attached hydrogens (tertiary/aromatic N) is 2. The van der Waals surface area contributed by atoms with E-state index >= 15 is 0 Å². The van der Waals surface area contributed by atoms with Crippen molar-refractivity contribution in [1.82, 2.24) is 4.90 Å². The van der Waals surface area contributed by atoms with E-state index in [1.807, 2.05) is 4.90 Å². The molecule has 2 aliphatic heterocycles. The summed E-state index contributed by atoms with van der Waals surface area (Å²) in [5, 5.41) is 0.929. The molecule has 0 spiro atoms. The largest absolute Gasteiger partial charge is 0.484 e. The third kappa shape index (κ3) is 5.58. The van der Waals surface area contributed by atoms with Gasteiger partial charge in [-0.3, -0.25) is 4.79 Å². The predicted molar refractivity (Wildman–Crippen MR) is 120 cm³/mol. The lowest BCUT2D eigenvalue weighted by Gasteiger charge is -2.24. The number of amides is 1. The number of aliphatic imine (C=N–C) groups is 1. The van der Waals surface area contributed by atoms with E-state index < -0.39 is 15.7 Å². The molecule has 31 heavy (non-hydrogen) atoms. The molecule has 2 fully saturated rings. The van der Waals surface area contributed by atoms with Crippen molar-refractivity contribution in [3.63, 3.8) is 0 Å². The molecule has 2 aliphatic rings. The van der Waals surface area contributed by atoms with Gasteiger partial charge in [-0.2, -0.15) is 4.99 Å². The quantitative estimate of drug-likeness (QED) is 0.629. The number of rotatable bonds is 6. The number of hydrogen-bond donors (Lipinski definition) is 0. The fourth-order valence-electron chi connectivity index (χ4n) is 3.61. The van der Waals surface area contributed by atoms with Crippen molar-refractivity contribution in [3.8, 4) is 5.75 Å². The van der Waals surface area contributed by atoms with E-state index in [1.54, 1.807) is 36.4 Å². The Morgan fingerprint density at radius 1 is 1.16 bits per heavy atom. The summed E-state index contributed by atoms with van der Waals surface area (Å²) in [6.45, 7) is 0.255. The summed E-state index contributed by atoms with van der Waals surface area (Å²) in [6, 6.07) is 12.6. The average Bonchev–Trinajstić information content (AvgIpc) is 3.18. The number of fused-ring (bicyclic) bond motifs is 1. The molecule has 2 heterocycles. The van der Waals surface area contributed by atoms with Gasteiger partial charge < -0.3 is 9.64 Å². The maximum Gasteiger partial charge on any atom is 0.285 e. The normalized spacial score (nSPS) is 23.2. The number of halogens is 2. The summed E-state index contributed by atoms with van der Waals surface area (Å²) >= 11 is 7.16. The zero-order chi connectivity index (χ0) is 22.0.